The maximum absolute atomic E-state index is 13.2. The average Bonchev–Trinajstić information content (AvgIpc) is 2.26. The molecule has 17 heavy (non-hydrogen) atoms. The van der Waals surface area contributed by atoms with Gasteiger partial charge < -0.3 is 9.84 Å². The monoisotopic (exact) mass is 246 g/mol. The Morgan fingerprint density at radius 3 is 2.65 bits per heavy atom. The van der Waals surface area contributed by atoms with E-state index in [1.54, 1.807) is 0 Å². The third-order valence-electron chi connectivity index (χ3n) is 3.31. The molecule has 0 aromatic heterocycles. The van der Waals surface area contributed by atoms with E-state index >= 15 is 0 Å². The van der Waals surface area contributed by atoms with Crippen LogP contribution in [0.5, 0.6) is 5.75 Å². The lowest BCUT2D eigenvalue weighted by molar-refractivity contribution is -0.281. The maximum Gasteiger partial charge on any atom is 0.421 e. The quantitative estimate of drug-likeness (QED) is 0.824. The number of halogens is 3. The fourth-order valence-electron chi connectivity index (χ4n) is 2.47. The van der Waals surface area contributed by atoms with E-state index in [9.17, 15) is 18.3 Å². The lowest BCUT2D eigenvalue weighted by Crippen LogP contribution is -2.46. The molecular weight excluding hydrogens is 233 g/mol. The summed E-state index contributed by atoms with van der Waals surface area (Å²) in [5.74, 6) is -0.0159. The molecule has 0 saturated carbocycles. The van der Waals surface area contributed by atoms with Crippen LogP contribution in [0.2, 0.25) is 0 Å². The smallest absolute Gasteiger partial charge is 0.421 e. The largest absolute Gasteiger partial charge is 0.508 e. The molecule has 0 heterocycles. The normalized spacial score (nSPS) is 24.5. The summed E-state index contributed by atoms with van der Waals surface area (Å²) < 4.78 is 44.4. The molecule has 1 aromatic carbocycles. The van der Waals surface area contributed by atoms with Crippen LogP contribution in [0.4, 0.5) is 13.2 Å². The highest BCUT2D eigenvalue weighted by atomic mass is 19.4. The van der Waals surface area contributed by atoms with Gasteiger partial charge in [0.1, 0.15) is 5.75 Å². The maximum atomic E-state index is 13.2. The topological polar surface area (TPSA) is 29.5 Å². The number of benzene rings is 1. The number of rotatable bonds is 1. The highest BCUT2D eigenvalue weighted by Gasteiger charge is 2.58. The fourth-order valence-corrected chi connectivity index (χ4v) is 2.47. The van der Waals surface area contributed by atoms with Crippen molar-refractivity contribution in [3.8, 4) is 5.75 Å². The molecule has 1 aliphatic carbocycles. The SMILES string of the molecule is COC1(C(F)(F)F)CCCc2cc(O)ccc21. The lowest BCUT2D eigenvalue weighted by Gasteiger charge is -2.39. The molecule has 0 bridgehead atoms. The third-order valence-corrected chi connectivity index (χ3v) is 3.31. The van der Waals surface area contributed by atoms with Gasteiger partial charge in [-0.2, -0.15) is 13.2 Å². The molecule has 1 atom stereocenters. The predicted octanol–water partition coefficient (Wildman–Crippen LogP) is 3.13. The van der Waals surface area contributed by atoms with Gasteiger partial charge in [0.05, 0.1) is 0 Å². The number of phenols is 1. The first-order valence-electron chi connectivity index (χ1n) is 5.35. The van der Waals surface area contributed by atoms with E-state index in [1.807, 2.05) is 0 Å². The Bertz CT molecular complexity index is 428. The first kappa shape index (κ1) is 12.2. The van der Waals surface area contributed by atoms with E-state index < -0.39 is 11.8 Å². The number of ether oxygens (including phenoxy) is 1. The summed E-state index contributed by atoms with van der Waals surface area (Å²) in [6.45, 7) is 0. The van der Waals surface area contributed by atoms with Gasteiger partial charge in [-0.25, -0.2) is 0 Å². The molecule has 0 aliphatic heterocycles. The van der Waals surface area contributed by atoms with Crippen molar-refractivity contribution >= 4 is 0 Å². The van der Waals surface area contributed by atoms with Crippen LogP contribution in [-0.4, -0.2) is 18.4 Å². The molecule has 2 nitrogen and oxygen atoms in total. The molecule has 1 N–H and O–H groups in total. The number of aryl methyl sites for hydroxylation is 1. The Hall–Kier alpha value is -1.23. The minimum atomic E-state index is -4.45. The molecular formula is C12H13F3O2. The van der Waals surface area contributed by atoms with E-state index in [2.05, 4.69) is 0 Å². The number of aromatic hydroxyl groups is 1. The van der Waals surface area contributed by atoms with Gasteiger partial charge in [0.25, 0.3) is 0 Å². The van der Waals surface area contributed by atoms with E-state index in [0.717, 1.165) is 7.11 Å². The highest BCUT2D eigenvalue weighted by molar-refractivity contribution is 5.41. The van der Waals surface area contributed by atoms with Crippen LogP contribution in [0, 0.1) is 0 Å². The zero-order valence-electron chi connectivity index (χ0n) is 9.34. The van der Waals surface area contributed by atoms with Crippen molar-refractivity contribution in [2.45, 2.75) is 31.0 Å². The van der Waals surface area contributed by atoms with E-state index in [4.69, 9.17) is 4.74 Å². The van der Waals surface area contributed by atoms with Gasteiger partial charge >= 0.3 is 6.18 Å². The Balaban J connectivity index is 2.60. The number of methoxy groups -OCH3 is 1. The number of alkyl halides is 3. The molecule has 1 aliphatic rings. The van der Waals surface area contributed by atoms with Crippen molar-refractivity contribution in [1.29, 1.82) is 0 Å². The Morgan fingerprint density at radius 1 is 1.35 bits per heavy atom. The second-order valence-electron chi connectivity index (χ2n) is 4.22. The first-order chi connectivity index (χ1) is 7.90. The molecule has 0 spiro atoms. The van der Waals surface area contributed by atoms with Crippen LogP contribution < -0.4 is 0 Å². The van der Waals surface area contributed by atoms with Gasteiger partial charge in [0, 0.05) is 7.11 Å². The highest BCUT2D eigenvalue weighted by Crippen LogP contribution is 2.49. The van der Waals surface area contributed by atoms with Crippen molar-refractivity contribution in [2.75, 3.05) is 7.11 Å². The lowest BCUT2D eigenvalue weighted by atomic mass is 9.78. The van der Waals surface area contributed by atoms with Gasteiger partial charge in [-0.1, -0.05) is 6.07 Å². The van der Waals surface area contributed by atoms with Gasteiger partial charge in [0.2, 0.25) is 0 Å². The van der Waals surface area contributed by atoms with Crippen molar-refractivity contribution in [2.24, 2.45) is 0 Å². The molecule has 0 radical (unpaired) electrons. The second kappa shape index (κ2) is 3.91. The number of fused-ring (bicyclic) bond motifs is 1. The van der Waals surface area contributed by atoms with Crippen LogP contribution in [0.3, 0.4) is 0 Å². The van der Waals surface area contributed by atoms with E-state index in [-0.39, 0.29) is 17.7 Å². The summed E-state index contributed by atoms with van der Waals surface area (Å²) >= 11 is 0. The predicted molar refractivity (Wildman–Crippen MR) is 55.8 cm³/mol. The summed E-state index contributed by atoms with van der Waals surface area (Å²) in [6, 6.07) is 3.96. The molecule has 0 saturated heterocycles. The Kier molecular flexibility index (Phi) is 2.81. The summed E-state index contributed by atoms with van der Waals surface area (Å²) in [4.78, 5) is 0. The first-order valence-corrected chi connectivity index (χ1v) is 5.35. The molecule has 94 valence electrons. The zero-order valence-corrected chi connectivity index (χ0v) is 9.34. The van der Waals surface area contributed by atoms with E-state index in [1.165, 1.54) is 18.2 Å². The summed E-state index contributed by atoms with van der Waals surface area (Å²) in [7, 11) is 1.08. The molecule has 0 amide bonds. The minimum absolute atomic E-state index is 0.0159. The molecule has 1 aromatic rings. The summed E-state index contributed by atoms with van der Waals surface area (Å²) in [5.41, 5.74) is -1.60. The number of hydrogen-bond acceptors (Lipinski definition) is 2. The van der Waals surface area contributed by atoms with Crippen LogP contribution in [0.15, 0.2) is 18.2 Å². The Morgan fingerprint density at radius 2 is 2.06 bits per heavy atom. The zero-order chi connectivity index (χ0) is 12.7. The van der Waals surface area contributed by atoms with Crippen molar-refractivity contribution < 1.29 is 23.0 Å². The summed E-state index contributed by atoms with van der Waals surface area (Å²) in [6.07, 6.45) is -3.60. The molecule has 5 heteroatoms. The van der Waals surface area contributed by atoms with E-state index in [0.29, 0.717) is 18.4 Å². The Labute approximate surface area is 97.0 Å². The minimum Gasteiger partial charge on any atom is -0.508 e. The average molecular weight is 246 g/mol. The van der Waals surface area contributed by atoms with Crippen molar-refractivity contribution in [1.82, 2.24) is 0 Å². The van der Waals surface area contributed by atoms with Gasteiger partial charge in [-0.3, -0.25) is 0 Å². The van der Waals surface area contributed by atoms with Crippen molar-refractivity contribution in [3.63, 3.8) is 0 Å². The van der Waals surface area contributed by atoms with Gasteiger partial charge in [-0.15, -0.1) is 0 Å². The summed E-state index contributed by atoms with van der Waals surface area (Å²) in [5, 5.41) is 9.31. The van der Waals surface area contributed by atoms with Crippen LogP contribution >= 0.6 is 0 Å². The molecule has 2 rings (SSSR count). The number of hydrogen-bond donors (Lipinski definition) is 1. The fraction of sp³-hybridized carbons (Fsp3) is 0.500. The second-order valence-corrected chi connectivity index (χ2v) is 4.22. The molecule has 0 fully saturated rings. The van der Waals surface area contributed by atoms with Gasteiger partial charge in [0.15, 0.2) is 5.60 Å². The van der Waals surface area contributed by atoms with Crippen LogP contribution in [-0.2, 0) is 16.8 Å². The standard InChI is InChI=1S/C12H13F3O2/c1-17-11(12(13,14)15)6-2-3-8-7-9(16)4-5-10(8)11/h4-5,7,16H,2-3,6H2,1H3. The van der Waals surface area contributed by atoms with Crippen molar-refractivity contribution in [3.05, 3.63) is 29.3 Å². The van der Waals surface area contributed by atoms with Crippen LogP contribution in [0.25, 0.3) is 0 Å². The number of phenolic OH excluding ortho intramolecular Hbond substituents is 1. The third kappa shape index (κ3) is 1.78. The van der Waals surface area contributed by atoms with Crippen LogP contribution in [0.1, 0.15) is 24.0 Å². The van der Waals surface area contributed by atoms with Gasteiger partial charge in [-0.05, 0) is 42.5 Å². The molecule has 1 unspecified atom stereocenters.